The predicted molar refractivity (Wildman–Crippen MR) is 45.9 cm³/mol. The first kappa shape index (κ1) is 7.86. The van der Waals surface area contributed by atoms with E-state index in [2.05, 4.69) is 16.0 Å². The highest BCUT2D eigenvalue weighted by molar-refractivity contribution is 5.74. The van der Waals surface area contributed by atoms with Crippen LogP contribution in [0.2, 0.25) is 0 Å². The molecule has 2 bridgehead atoms. The van der Waals surface area contributed by atoms with Crippen molar-refractivity contribution in [3.63, 3.8) is 0 Å². The Morgan fingerprint density at radius 1 is 1.67 bits per heavy atom. The van der Waals surface area contributed by atoms with Crippen molar-refractivity contribution < 1.29 is 4.79 Å². The molecule has 12 heavy (non-hydrogen) atoms. The highest BCUT2D eigenvalue weighted by Crippen LogP contribution is 2.33. The van der Waals surface area contributed by atoms with Crippen LogP contribution in [0.25, 0.3) is 0 Å². The van der Waals surface area contributed by atoms with Crippen LogP contribution in [0.15, 0.2) is 0 Å². The predicted octanol–water partition coefficient (Wildman–Crippen LogP) is -0.334. The van der Waals surface area contributed by atoms with Crippen molar-refractivity contribution in [2.45, 2.75) is 25.4 Å². The van der Waals surface area contributed by atoms with Gasteiger partial charge in [0, 0.05) is 25.2 Å². The summed E-state index contributed by atoms with van der Waals surface area (Å²) < 4.78 is 0. The van der Waals surface area contributed by atoms with Gasteiger partial charge in [0.25, 0.3) is 0 Å². The summed E-state index contributed by atoms with van der Waals surface area (Å²) in [4.78, 5) is 11.1. The first-order valence-corrected chi connectivity index (χ1v) is 4.59. The number of hydrogen-bond donors (Lipinski definition) is 3. The van der Waals surface area contributed by atoms with Crippen LogP contribution >= 0.6 is 0 Å². The van der Waals surface area contributed by atoms with Crippen LogP contribution < -0.4 is 16.0 Å². The number of rotatable bonds is 2. The van der Waals surface area contributed by atoms with Crippen molar-refractivity contribution in [1.82, 2.24) is 16.0 Å². The third kappa shape index (κ3) is 1.16. The molecule has 0 aromatic heterocycles. The normalized spacial score (nSPS) is 37.2. The SMILES string of the molecule is CCNC(=O)NC1C2CNC1C2. The van der Waals surface area contributed by atoms with Crippen molar-refractivity contribution in [3.8, 4) is 0 Å². The summed E-state index contributed by atoms with van der Waals surface area (Å²) in [5.74, 6) is 0.678. The molecule has 0 aromatic rings. The van der Waals surface area contributed by atoms with E-state index in [0.717, 1.165) is 6.54 Å². The Morgan fingerprint density at radius 3 is 3.00 bits per heavy atom. The molecule has 0 aromatic carbocycles. The highest BCUT2D eigenvalue weighted by Gasteiger charge is 2.47. The molecule has 4 nitrogen and oxygen atoms in total. The number of carbonyl (C=O) groups excluding carboxylic acids is 1. The van der Waals surface area contributed by atoms with Crippen molar-refractivity contribution >= 4 is 6.03 Å². The van der Waals surface area contributed by atoms with E-state index >= 15 is 0 Å². The van der Waals surface area contributed by atoms with Gasteiger partial charge in [0.2, 0.25) is 0 Å². The first-order chi connectivity index (χ1) is 5.81. The van der Waals surface area contributed by atoms with E-state index in [1.165, 1.54) is 6.42 Å². The number of carbonyl (C=O) groups is 1. The smallest absolute Gasteiger partial charge is 0.315 e. The van der Waals surface area contributed by atoms with E-state index in [9.17, 15) is 4.79 Å². The van der Waals surface area contributed by atoms with Crippen molar-refractivity contribution in [2.24, 2.45) is 5.92 Å². The molecule has 2 heterocycles. The monoisotopic (exact) mass is 169 g/mol. The Hall–Kier alpha value is -0.770. The fraction of sp³-hybridized carbons (Fsp3) is 0.875. The van der Waals surface area contributed by atoms with Gasteiger partial charge in [0.15, 0.2) is 0 Å². The molecule has 2 amide bonds. The minimum absolute atomic E-state index is 0.0269. The number of urea groups is 1. The van der Waals surface area contributed by atoms with Gasteiger partial charge >= 0.3 is 6.03 Å². The van der Waals surface area contributed by atoms with E-state index in [1.54, 1.807) is 0 Å². The van der Waals surface area contributed by atoms with Crippen LogP contribution in [0.4, 0.5) is 4.79 Å². The molecule has 0 radical (unpaired) electrons. The first-order valence-electron chi connectivity index (χ1n) is 4.59. The van der Waals surface area contributed by atoms with Crippen molar-refractivity contribution in [1.29, 1.82) is 0 Å². The molecule has 3 atom stereocenters. The fourth-order valence-corrected chi connectivity index (χ4v) is 2.06. The van der Waals surface area contributed by atoms with Gasteiger partial charge < -0.3 is 16.0 Å². The molecule has 3 unspecified atom stereocenters. The number of fused-ring (bicyclic) bond motifs is 1. The van der Waals surface area contributed by atoms with Gasteiger partial charge in [-0.1, -0.05) is 0 Å². The van der Waals surface area contributed by atoms with E-state index in [-0.39, 0.29) is 6.03 Å². The van der Waals surface area contributed by atoms with Crippen LogP contribution in [0.5, 0.6) is 0 Å². The molecule has 4 heteroatoms. The maximum absolute atomic E-state index is 11.1. The minimum Gasteiger partial charge on any atom is -0.338 e. The lowest BCUT2D eigenvalue weighted by atomic mass is 9.80. The third-order valence-electron chi connectivity index (χ3n) is 2.78. The van der Waals surface area contributed by atoms with E-state index in [1.807, 2.05) is 6.92 Å². The molecule has 68 valence electrons. The van der Waals surface area contributed by atoms with E-state index < -0.39 is 0 Å². The average Bonchev–Trinajstić information content (AvgIpc) is 2.60. The maximum Gasteiger partial charge on any atom is 0.315 e. The number of amides is 2. The summed E-state index contributed by atoms with van der Waals surface area (Å²) in [6, 6.07) is 0.898. The van der Waals surface area contributed by atoms with Crippen LogP contribution in [-0.4, -0.2) is 31.2 Å². The highest BCUT2D eigenvalue weighted by atomic mass is 16.2. The van der Waals surface area contributed by atoms with Gasteiger partial charge in [0.1, 0.15) is 0 Å². The topological polar surface area (TPSA) is 53.2 Å². The zero-order valence-electron chi connectivity index (χ0n) is 7.26. The van der Waals surface area contributed by atoms with Gasteiger partial charge in [-0.15, -0.1) is 0 Å². The zero-order chi connectivity index (χ0) is 8.55. The molecular weight excluding hydrogens is 154 g/mol. The maximum atomic E-state index is 11.1. The Bertz CT molecular complexity index is 181. The summed E-state index contributed by atoms with van der Waals surface area (Å²) in [6.07, 6.45) is 1.23. The molecule has 0 spiro atoms. The Kier molecular flexibility index (Phi) is 1.92. The van der Waals surface area contributed by atoms with Crippen LogP contribution in [0, 0.1) is 5.92 Å². The number of hydrogen-bond acceptors (Lipinski definition) is 2. The fourth-order valence-electron chi connectivity index (χ4n) is 2.06. The second-order valence-electron chi connectivity index (χ2n) is 3.54. The summed E-state index contributed by atoms with van der Waals surface area (Å²) in [5.41, 5.74) is 0. The zero-order valence-corrected chi connectivity index (χ0v) is 7.26. The second-order valence-corrected chi connectivity index (χ2v) is 3.54. The molecular formula is C8H15N3O. The summed E-state index contributed by atoms with van der Waals surface area (Å²) in [7, 11) is 0. The Morgan fingerprint density at radius 2 is 2.50 bits per heavy atom. The van der Waals surface area contributed by atoms with Gasteiger partial charge in [-0.25, -0.2) is 4.79 Å². The average molecular weight is 169 g/mol. The van der Waals surface area contributed by atoms with Crippen LogP contribution in [-0.2, 0) is 0 Å². The summed E-state index contributed by atoms with van der Waals surface area (Å²) in [5, 5.41) is 9.05. The summed E-state index contributed by atoms with van der Waals surface area (Å²) in [6.45, 7) is 3.69. The number of nitrogens with one attached hydrogen (secondary N) is 3. The Labute approximate surface area is 72.1 Å². The van der Waals surface area contributed by atoms with Crippen molar-refractivity contribution in [3.05, 3.63) is 0 Å². The van der Waals surface area contributed by atoms with Gasteiger partial charge in [-0.05, 0) is 19.3 Å². The molecule has 3 rings (SSSR count). The third-order valence-corrected chi connectivity index (χ3v) is 2.78. The van der Waals surface area contributed by atoms with Crippen LogP contribution in [0.1, 0.15) is 13.3 Å². The lowest BCUT2D eigenvalue weighted by Gasteiger charge is -2.34. The minimum atomic E-state index is -0.0269. The molecule has 2 aliphatic heterocycles. The van der Waals surface area contributed by atoms with Crippen LogP contribution in [0.3, 0.4) is 0 Å². The molecule has 1 saturated carbocycles. The quantitative estimate of drug-likeness (QED) is 0.530. The molecule has 1 aliphatic carbocycles. The van der Waals surface area contributed by atoms with E-state index in [4.69, 9.17) is 0 Å². The van der Waals surface area contributed by atoms with Gasteiger partial charge in [0.05, 0.1) is 0 Å². The van der Waals surface area contributed by atoms with Gasteiger partial charge in [-0.3, -0.25) is 0 Å². The second kappa shape index (κ2) is 2.94. The molecule has 3 fully saturated rings. The summed E-state index contributed by atoms with van der Waals surface area (Å²) >= 11 is 0. The Balaban J connectivity index is 1.77. The molecule has 2 saturated heterocycles. The van der Waals surface area contributed by atoms with Gasteiger partial charge in [-0.2, -0.15) is 0 Å². The van der Waals surface area contributed by atoms with E-state index in [0.29, 0.717) is 24.5 Å². The molecule has 3 aliphatic rings. The lowest BCUT2D eigenvalue weighted by molar-refractivity contribution is 0.211. The largest absolute Gasteiger partial charge is 0.338 e. The molecule has 3 N–H and O–H groups in total. The standard InChI is InChI=1S/C8H15N3O/c1-2-9-8(12)11-7-5-3-6(7)10-4-5/h5-7,10H,2-4H2,1H3,(H2,9,11,12). The van der Waals surface area contributed by atoms with Crippen molar-refractivity contribution in [2.75, 3.05) is 13.1 Å². The lowest BCUT2D eigenvalue weighted by Crippen LogP contribution is -2.56.